The maximum atomic E-state index is 9.89. The van der Waals surface area contributed by atoms with E-state index in [9.17, 15) is 4.79 Å². The monoisotopic (exact) mass is 100 g/mol. The molecule has 0 atom stereocenters. The second-order valence-electron chi connectivity index (χ2n) is 1.16. The summed E-state index contributed by atoms with van der Waals surface area (Å²) in [6.45, 7) is 3.61. The molecule has 0 unspecified atom stereocenters. The summed E-state index contributed by atoms with van der Waals surface area (Å²) in [5.74, 6) is -0.326. The number of primary amides is 1. The quantitative estimate of drug-likeness (QED) is 0.480. The van der Waals surface area contributed by atoms with Crippen molar-refractivity contribution in [3.8, 4) is 0 Å². The summed E-state index contributed by atoms with van der Waals surface area (Å²) in [5, 5.41) is 0. The number of hydrogen-bond acceptors (Lipinski definition) is 2. The van der Waals surface area contributed by atoms with Gasteiger partial charge in [-0.3, -0.25) is 4.79 Å². The molecule has 2 N–H and O–H groups in total. The molecule has 0 aromatic carbocycles. The predicted molar refractivity (Wildman–Crippen MR) is 28.2 cm³/mol. The smallest absolute Gasteiger partial charge is 0.219 e. The van der Waals surface area contributed by atoms with E-state index < -0.39 is 0 Å². The normalized spacial score (nSPS) is 8.00. The lowest BCUT2D eigenvalue weighted by atomic mass is 10.4. The first-order valence-electron chi connectivity index (χ1n) is 1.98. The van der Waals surface area contributed by atoms with Gasteiger partial charge >= 0.3 is 0 Å². The van der Waals surface area contributed by atoms with Crippen LogP contribution in [0.3, 0.4) is 0 Å². The molecule has 0 rings (SSSR count). The first-order valence-corrected chi connectivity index (χ1v) is 1.98. The van der Waals surface area contributed by atoms with Gasteiger partial charge in [-0.25, -0.2) is 0 Å². The van der Waals surface area contributed by atoms with E-state index in [1.807, 2.05) is 0 Å². The van der Waals surface area contributed by atoms with E-state index in [0.717, 1.165) is 0 Å². The van der Waals surface area contributed by atoms with E-state index >= 15 is 0 Å². The van der Waals surface area contributed by atoms with Crippen molar-refractivity contribution in [2.45, 2.75) is 6.42 Å². The van der Waals surface area contributed by atoms with Crippen molar-refractivity contribution >= 4 is 12.6 Å². The van der Waals surface area contributed by atoms with Crippen molar-refractivity contribution in [3.05, 3.63) is 0 Å². The summed E-state index contributed by atoms with van der Waals surface area (Å²) in [4.78, 5) is 13.3. The van der Waals surface area contributed by atoms with E-state index in [-0.39, 0.29) is 5.91 Å². The van der Waals surface area contributed by atoms with E-state index in [2.05, 4.69) is 11.7 Å². The molecular weight excluding hydrogens is 92.1 g/mol. The van der Waals surface area contributed by atoms with Gasteiger partial charge in [0, 0.05) is 13.0 Å². The molecule has 3 heteroatoms. The molecule has 0 aromatic heterocycles. The molecule has 3 nitrogen and oxygen atoms in total. The minimum absolute atomic E-state index is 0.309. The fraction of sp³-hybridized carbons (Fsp3) is 0.500. The van der Waals surface area contributed by atoms with Crippen molar-refractivity contribution in [2.24, 2.45) is 10.7 Å². The van der Waals surface area contributed by atoms with Gasteiger partial charge in [0.15, 0.2) is 0 Å². The van der Waals surface area contributed by atoms with Gasteiger partial charge in [-0.05, 0) is 6.72 Å². The van der Waals surface area contributed by atoms with E-state index in [1.54, 1.807) is 0 Å². The number of aliphatic imine (C=N–C) groups is 1. The van der Waals surface area contributed by atoms with Crippen molar-refractivity contribution in [1.82, 2.24) is 0 Å². The second kappa shape index (κ2) is 3.33. The molecule has 0 aliphatic carbocycles. The molecule has 7 heavy (non-hydrogen) atoms. The van der Waals surface area contributed by atoms with E-state index in [4.69, 9.17) is 5.73 Å². The minimum atomic E-state index is -0.326. The molecule has 0 bridgehead atoms. The van der Waals surface area contributed by atoms with Crippen LogP contribution in [0.2, 0.25) is 0 Å². The minimum Gasteiger partial charge on any atom is -0.370 e. The van der Waals surface area contributed by atoms with Crippen LogP contribution in [0.15, 0.2) is 4.99 Å². The third-order valence-corrected chi connectivity index (χ3v) is 0.516. The highest BCUT2D eigenvalue weighted by molar-refractivity contribution is 5.73. The maximum Gasteiger partial charge on any atom is 0.219 e. The standard InChI is InChI=1S/C4H8N2O/c1-6-3-2-4(5)7/h1-3H2,(H2,5,7). The van der Waals surface area contributed by atoms with Gasteiger partial charge < -0.3 is 10.7 Å². The SMILES string of the molecule is C=NCCC(N)=O. The van der Waals surface area contributed by atoms with Crippen LogP contribution in [-0.2, 0) is 4.79 Å². The van der Waals surface area contributed by atoms with Gasteiger partial charge in [-0.2, -0.15) is 0 Å². The van der Waals surface area contributed by atoms with Crippen molar-refractivity contribution in [2.75, 3.05) is 6.54 Å². The summed E-state index contributed by atoms with van der Waals surface area (Å²) < 4.78 is 0. The fourth-order valence-electron chi connectivity index (χ4n) is 0.189. The highest BCUT2D eigenvalue weighted by Crippen LogP contribution is 1.73. The summed E-state index contributed by atoms with van der Waals surface area (Å²) in [6.07, 6.45) is 0.309. The number of rotatable bonds is 3. The predicted octanol–water partition coefficient (Wildman–Crippen LogP) is -0.438. The highest BCUT2D eigenvalue weighted by atomic mass is 16.1. The number of carbonyl (C=O) groups is 1. The molecule has 0 aromatic rings. The lowest BCUT2D eigenvalue weighted by Crippen LogP contribution is -2.10. The fourth-order valence-corrected chi connectivity index (χ4v) is 0.189. The van der Waals surface area contributed by atoms with Gasteiger partial charge in [-0.1, -0.05) is 0 Å². The molecule has 1 amide bonds. The zero-order valence-corrected chi connectivity index (χ0v) is 4.05. The number of nitrogens with zero attached hydrogens (tertiary/aromatic N) is 1. The lowest BCUT2D eigenvalue weighted by molar-refractivity contribution is -0.117. The molecule has 0 saturated carbocycles. The molecule has 0 radical (unpaired) electrons. The van der Waals surface area contributed by atoms with Gasteiger partial charge in [0.1, 0.15) is 0 Å². The van der Waals surface area contributed by atoms with Gasteiger partial charge in [0.25, 0.3) is 0 Å². The molecular formula is C4H8N2O. The average Bonchev–Trinajstić information content (AvgIpc) is 1.61. The lowest BCUT2D eigenvalue weighted by Gasteiger charge is -1.83. The zero-order valence-electron chi connectivity index (χ0n) is 4.05. The number of nitrogens with two attached hydrogens (primary N) is 1. The second-order valence-corrected chi connectivity index (χ2v) is 1.16. The van der Waals surface area contributed by atoms with Crippen LogP contribution in [0.1, 0.15) is 6.42 Å². The topological polar surface area (TPSA) is 55.4 Å². The summed E-state index contributed by atoms with van der Waals surface area (Å²) in [7, 11) is 0. The van der Waals surface area contributed by atoms with Crippen LogP contribution in [0, 0.1) is 0 Å². The van der Waals surface area contributed by atoms with Crippen molar-refractivity contribution < 1.29 is 4.79 Å². The van der Waals surface area contributed by atoms with Gasteiger partial charge in [0.2, 0.25) is 5.91 Å². The third kappa shape index (κ3) is 5.14. The Morgan fingerprint density at radius 2 is 2.43 bits per heavy atom. The van der Waals surface area contributed by atoms with Crippen LogP contribution in [0.4, 0.5) is 0 Å². The summed E-state index contributed by atoms with van der Waals surface area (Å²) in [5.41, 5.74) is 4.75. The Bertz CT molecular complexity index is 79.8. The first-order chi connectivity index (χ1) is 3.27. The third-order valence-electron chi connectivity index (χ3n) is 0.516. The number of amides is 1. The molecule has 40 valence electrons. The summed E-state index contributed by atoms with van der Waals surface area (Å²) in [6, 6.07) is 0. The molecule has 0 aliphatic heterocycles. The molecule has 0 spiro atoms. The first kappa shape index (κ1) is 6.14. The Kier molecular flexibility index (Phi) is 2.92. The Morgan fingerprint density at radius 3 is 2.57 bits per heavy atom. The van der Waals surface area contributed by atoms with E-state index in [0.29, 0.717) is 13.0 Å². The molecule has 0 aliphatic rings. The van der Waals surface area contributed by atoms with Gasteiger partial charge in [-0.15, -0.1) is 0 Å². The van der Waals surface area contributed by atoms with Gasteiger partial charge in [0.05, 0.1) is 0 Å². The Hall–Kier alpha value is -0.860. The van der Waals surface area contributed by atoms with E-state index in [1.165, 1.54) is 0 Å². The van der Waals surface area contributed by atoms with Crippen LogP contribution in [-0.4, -0.2) is 19.2 Å². The molecule has 0 fully saturated rings. The molecule has 0 saturated heterocycles. The Balaban J connectivity index is 2.97. The average molecular weight is 100 g/mol. The van der Waals surface area contributed by atoms with Crippen LogP contribution in [0.25, 0.3) is 0 Å². The van der Waals surface area contributed by atoms with Crippen LogP contribution in [0.5, 0.6) is 0 Å². The van der Waals surface area contributed by atoms with Crippen molar-refractivity contribution in [3.63, 3.8) is 0 Å². The molecule has 0 heterocycles. The zero-order chi connectivity index (χ0) is 5.70. The maximum absolute atomic E-state index is 9.89. The largest absolute Gasteiger partial charge is 0.370 e. The van der Waals surface area contributed by atoms with Crippen LogP contribution < -0.4 is 5.73 Å². The van der Waals surface area contributed by atoms with Crippen LogP contribution >= 0.6 is 0 Å². The summed E-state index contributed by atoms with van der Waals surface area (Å²) >= 11 is 0. The highest BCUT2D eigenvalue weighted by Gasteiger charge is 1.86. The Labute approximate surface area is 42.2 Å². The Morgan fingerprint density at radius 1 is 1.86 bits per heavy atom. The number of carbonyl (C=O) groups excluding carboxylic acids is 1. The number of hydrogen-bond donors (Lipinski definition) is 1. The van der Waals surface area contributed by atoms with Crippen molar-refractivity contribution in [1.29, 1.82) is 0 Å².